The van der Waals surface area contributed by atoms with Gasteiger partial charge in [0, 0.05) is 85.8 Å². The monoisotopic (exact) mass is 1320 g/mol. The van der Waals surface area contributed by atoms with Crippen LogP contribution in [0.3, 0.4) is 0 Å². The van der Waals surface area contributed by atoms with Crippen molar-refractivity contribution in [3.8, 4) is 23.3 Å². The number of fused-ring (bicyclic) bond motifs is 4. The largest absolute Gasteiger partial charge is 0.490 e. The molecule has 0 bridgehead atoms. The zero-order valence-corrected chi connectivity index (χ0v) is 52.5. The number of aromatic nitrogens is 2. The number of aliphatic hydroxyl groups is 2. The molecular weight excluding hydrogens is 1260 g/mol. The number of phosphoric acid groups is 3. The van der Waals surface area contributed by atoms with Crippen LogP contribution >= 0.6 is 23.5 Å². The van der Waals surface area contributed by atoms with E-state index in [0.717, 1.165) is 6.20 Å². The zero-order valence-electron chi connectivity index (χ0n) is 48.2. The van der Waals surface area contributed by atoms with Crippen LogP contribution in [-0.2, 0) is 56.6 Å². The van der Waals surface area contributed by atoms with E-state index in [9.17, 15) is 74.0 Å². The lowest BCUT2D eigenvalue weighted by molar-refractivity contribution is -0.121. The number of aliphatic hydroxyl groups excluding tert-OH is 2. The number of carbonyl (C=O) groups is 2. The van der Waals surface area contributed by atoms with Gasteiger partial charge in [-0.15, -0.1) is 0 Å². The molecule has 476 valence electrons. The van der Waals surface area contributed by atoms with Crippen LogP contribution in [0.5, 0.6) is 11.5 Å². The summed E-state index contributed by atoms with van der Waals surface area (Å²) in [5.41, 5.74) is 6.94. The molecule has 6 atom stereocenters. The number of anilines is 2. The molecule has 0 spiro atoms. The molecule has 30 nitrogen and oxygen atoms in total. The molecule has 1 fully saturated rings. The second-order valence-electron chi connectivity index (χ2n) is 21.9. The molecule has 5 heterocycles. The maximum absolute atomic E-state index is 14.8. The third-order valence-corrected chi connectivity index (χ3v) is 19.8. The molecule has 4 aromatic rings. The average Bonchev–Trinajstić information content (AvgIpc) is 0.840. The number of nitrogens with two attached hydrogens (primary N) is 1. The highest BCUT2D eigenvalue weighted by Crippen LogP contribution is 2.66. The first-order valence-corrected chi connectivity index (χ1v) is 34.6. The fourth-order valence-corrected chi connectivity index (χ4v) is 15.4. The molecule has 11 N–H and O–H groups in total. The Hall–Kier alpha value is -6.30. The Morgan fingerprint density at radius 2 is 1.53 bits per heavy atom. The van der Waals surface area contributed by atoms with Crippen LogP contribution in [0.4, 0.5) is 11.5 Å². The summed E-state index contributed by atoms with van der Waals surface area (Å²) in [6.45, 7) is 11.1. The molecule has 4 aliphatic rings. The number of benzene rings is 3. The van der Waals surface area contributed by atoms with Crippen LogP contribution in [0.2, 0.25) is 0 Å². The number of amides is 2. The van der Waals surface area contributed by atoms with Crippen LogP contribution in [0.1, 0.15) is 98.8 Å². The van der Waals surface area contributed by atoms with Crippen LogP contribution in [0.15, 0.2) is 71.7 Å². The molecule has 35 heteroatoms. The predicted molar refractivity (Wildman–Crippen MR) is 317 cm³/mol. The fraction of sp³-hybridized carbons (Fsp3) is 0.415. The van der Waals surface area contributed by atoms with Crippen molar-refractivity contribution in [2.24, 2.45) is 0 Å². The summed E-state index contributed by atoms with van der Waals surface area (Å²) in [6, 6.07) is 13.9. The minimum atomic E-state index is -5.89. The number of nitrogen functional groups attached to an aromatic ring is 1. The third-order valence-electron chi connectivity index (χ3n) is 14.7. The van der Waals surface area contributed by atoms with Crippen molar-refractivity contribution in [2.75, 3.05) is 62.0 Å². The molecule has 4 aliphatic heterocycles. The first kappa shape index (κ1) is 67.6. The van der Waals surface area contributed by atoms with Gasteiger partial charge in [0.15, 0.2) is 11.8 Å². The third kappa shape index (κ3) is 15.3. The Balaban J connectivity index is 1.02. The molecule has 88 heavy (non-hydrogen) atoms. The van der Waals surface area contributed by atoms with E-state index in [2.05, 4.69) is 44.8 Å². The van der Waals surface area contributed by atoms with Gasteiger partial charge in [-0.05, 0) is 75.1 Å². The molecule has 1 aromatic heterocycles. The number of nitrogens with one attached hydrogen (secondary N) is 1. The van der Waals surface area contributed by atoms with Gasteiger partial charge in [-0.25, -0.2) is 23.1 Å². The van der Waals surface area contributed by atoms with Gasteiger partial charge in [0.1, 0.15) is 53.7 Å². The smallest absolute Gasteiger partial charge is 0.456 e. The lowest BCUT2D eigenvalue weighted by atomic mass is 9.83. The highest BCUT2D eigenvalue weighted by molar-refractivity contribution is 7.86. The standard InChI is InChI=1S/C53H64N7O23P3S2/c1-8-59-39-22-41-37(20-35(39)31(24-52(59,3)4)28-87(73,74)75)45(38-21-36-32(29-88(76,77)78)25-53(5,6)60(9-2)40(36)23-42(38)80-41)33-15-10-11-16-34(33)49(64)57(7)19-13-17-44(61)55-18-12-14-30-26-58(51(65)56-48(30)54)50-47(63)46(62)43(81-50)27-79-85(69,70)83-86(71,72)82-84(66,67)68/h10-11,15-16,20-26,43,46-47,50,62-63H,8-9,13,17-19,27-29H2,1-7H3,(H8-,54,55,56,61,65,66,67,68,69,70,71,72,73,74,75,76,77,78)/p+1/t43-,46-,47-,50-/m1/s1. The SMILES string of the molecule is CCN1c2cc3c(cc2C(CS(=O)(=O)O)=CC1(C)C)C(c1ccccc1C(=O)N(C)CCCC(=O)NCC#Cc1cn([C@@H]2O[C@H](COP(=O)(O)OP(=O)(O)OP(=O)(O)O)[C@@H](O)[C@H]2O)c(=O)nc1N)=c1cc2c(cc1O3)=[N+](CC)C(C)(C)C=C2CS(=O)(=O)O. The number of phosphoric ester groups is 1. The van der Waals surface area contributed by atoms with Gasteiger partial charge < -0.3 is 60.1 Å². The van der Waals surface area contributed by atoms with E-state index in [-0.39, 0.29) is 37.1 Å². The number of likely N-dealkylation sites (N-methyl/N-ethyl adjacent to an activating group) is 2. The second kappa shape index (κ2) is 25.2. The van der Waals surface area contributed by atoms with Gasteiger partial charge in [-0.2, -0.15) is 30.4 Å². The zero-order chi connectivity index (χ0) is 65.0. The molecule has 8 rings (SSSR count). The lowest BCUT2D eigenvalue weighted by Gasteiger charge is -2.43. The maximum Gasteiger partial charge on any atom is 0.490 e. The van der Waals surface area contributed by atoms with Crippen molar-refractivity contribution in [2.45, 2.75) is 90.0 Å². The van der Waals surface area contributed by atoms with Gasteiger partial charge >= 0.3 is 29.2 Å². The number of nitrogens with zero attached hydrogens (tertiary/aromatic N) is 5. The Morgan fingerprint density at radius 3 is 2.17 bits per heavy atom. The Morgan fingerprint density at radius 1 is 0.875 bits per heavy atom. The van der Waals surface area contributed by atoms with Gasteiger partial charge in [-0.1, -0.05) is 36.1 Å². The molecule has 2 amide bonds. The molecular formula is C53H65N7O23P3S2+. The quantitative estimate of drug-likeness (QED) is 0.0216. The first-order chi connectivity index (χ1) is 40.7. The van der Waals surface area contributed by atoms with Crippen LogP contribution in [0, 0.1) is 11.8 Å². The summed E-state index contributed by atoms with van der Waals surface area (Å²) in [6.07, 6.45) is -2.81. The van der Waals surface area contributed by atoms with E-state index in [1.54, 1.807) is 67.7 Å². The molecule has 3 aromatic carbocycles. The van der Waals surface area contributed by atoms with Crippen LogP contribution in [0.25, 0.3) is 16.7 Å². The normalized spacial score (nSPS) is 20.7. The van der Waals surface area contributed by atoms with Gasteiger partial charge in [0.25, 0.3) is 26.1 Å². The number of carbonyl (C=O) groups excluding carboxylic acids is 2. The van der Waals surface area contributed by atoms with Crippen LogP contribution < -0.4 is 41.5 Å². The van der Waals surface area contributed by atoms with E-state index < -0.39 is 121 Å². The lowest BCUT2D eigenvalue weighted by Crippen LogP contribution is -2.50. The van der Waals surface area contributed by atoms with E-state index in [1.165, 1.54) is 4.90 Å². The van der Waals surface area contributed by atoms with Crippen molar-refractivity contribution in [1.82, 2.24) is 24.3 Å². The summed E-state index contributed by atoms with van der Waals surface area (Å²) in [5, 5.41) is 25.0. The van der Waals surface area contributed by atoms with Gasteiger partial charge in [-0.3, -0.25) is 27.8 Å². The average molecular weight is 1330 g/mol. The van der Waals surface area contributed by atoms with Crippen molar-refractivity contribution in [3.63, 3.8) is 0 Å². The number of hydrogen-bond donors (Lipinski definition) is 10. The number of ether oxygens (including phenoxy) is 2. The molecule has 2 unspecified atom stereocenters. The van der Waals surface area contributed by atoms with Crippen molar-refractivity contribution < 1.29 is 102 Å². The first-order valence-electron chi connectivity index (χ1n) is 26.8. The van der Waals surface area contributed by atoms with Gasteiger partial charge in [0.2, 0.25) is 11.3 Å². The molecule has 1 saturated heterocycles. The van der Waals surface area contributed by atoms with Crippen molar-refractivity contribution >= 4 is 83.7 Å². The topological polar surface area (TPSA) is 444 Å². The molecule has 0 saturated carbocycles. The second-order valence-corrected chi connectivity index (χ2v) is 29.2. The summed E-state index contributed by atoms with van der Waals surface area (Å²) in [4.78, 5) is 84.6. The Kier molecular flexibility index (Phi) is 19.3. The fourth-order valence-electron chi connectivity index (χ4n) is 11.2. The number of rotatable bonds is 21. The van der Waals surface area contributed by atoms with Crippen molar-refractivity contribution in [1.29, 1.82) is 0 Å². The van der Waals surface area contributed by atoms with Crippen LogP contribution in [-0.4, -0.2) is 163 Å². The Labute approximate surface area is 504 Å². The maximum atomic E-state index is 14.8. The Bertz CT molecular complexity index is 4250. The minimum Gasteiger partial charge on any atom is -0.456 e. The predicted octanol–water partition coefficient (Wildman–Crippen LogP) is 1.63. The van der Waals surface area contributed by atoms with E-state index in [1.807, 2.05) is 41.5 Å². The van der Waals surface area contributed by atoms with E-state index >= 15 is 0 Å². The number of hydrogen-bond acceptors (Lipinski definition) is 20. The summed E-state index contributed by atoms with van der Waals surface area (Å²) in [7, 11) is -24.8. The minimum absolute atomic E-state index is 0.0600. The summed E-state index contributed by atoms with van der Waals surface area (Å²) < 4.78 is 132. The molecule has 0 radical (unpaired) electrons. The van der Waals surface area contributed by atoms with Gasteiger partial charge in [0.05, 0.1) is 35.9 Å². The highest BCUT2D eigenvalue weighted by atomic mass is 32.2. The highest BCUT2D eigenvalue weighted by Gasteiger charge is 2.47. The van der Waals surface area contributed by atoms with E-state index in [4.69, 9.17) is 25.0 Å². The molecule has 0 aliphatic carbocycles. The van der Waals surface area contributed by atoms with Crippen molar-refractivity contribution in [3.05, 3.63) is 121 Å². The summed E-state index contributed by atoms with van der Waals surface area (Å²) in [5.74, 6) is 3.20. The van der Waals surface area contributed by atoms with E-state index in [0.29, 0.717) is 84.4 Å². The summed E-state index contributed by atoms with van der Waals surface area (Å²) >= 11 is 0.